The molecule has 2 aromatic carbocycles. The first-order valence-electron chi connectivity index (χ1n) is 6.76. The molecule has 2 nitrogen and oxygen atoms in total. The summed E-state index contributed by atoms with van der Waals surface area (Å²) >= 11 is 3.44. The Balaban J connectivity index is 2.25. The number of fused-ring (bicyclic) bond motifs is 1. The molecule has 1 heterocycles. The molecule has 0 atom stereocenters. The van der Waals surface area contributed by atoms with Gasteiger partial charge < -0.3 is 4.74 Å². The van der Waals surface area contributed by atoms with Gasteiger partial charge in [-0.25, -0.2) is 4.79 Å². The van der Waals surface area contributed by atoms with Crippen LogP contribution in [-0.4, -0.2) is 25.1 Å². The van der Waals surface area contributed by atoms with E-state index in [9.17, 15) is 4.79 Å². The average molecular weight is 316 g/mol. The minimum absolute atomic E-state index is 0.224. The first-order valence-corrected chi connectivity index (χ1v) is 8.97. The van der Waals surface area contributed by atoms with Gasteiger partial charge >= 0.3 is 5.97 Å². The molecule has 0 bridgehead atoms. The van der Waals surface area contributed by atoms with E-state index in [2.05, 4.69) is 18.2 Å². The van der Waals surface area contributed by atoms with Gasteiger partial charge in [-0.1, -0.05) is 30.3 Å². The number of ether oxygens (including phenoxy) is 1. The van der Waals surface area contributed by atoms with Crippen LogP contribution in [0, 0.1) is 0 Å². The highest BCUT2D eigenvalue weighted by atomic mass is 32.2. The van der Waals surface area contributed by atoms with Gasteiger partial charge in [0, 0.05) is 15.5 Å². The second kappa shape index (κ2) is 6.16. The number of hydrogen-bond acceptors (Lipinski definition) is 4. The Morgan fingerprint density at radius 2 is 2.05 bits per heavy atom. The van der Waals surface area contributed by atoms with Gasteiger partial charge in [0.1, 0.15) is 0 Å². The van der Waals surface area contributed by atoms with Crippen LogP contribution in [0.4, 0.5) is 0 Å². The third-order valence-electron chi connectivity index (χ3n) is 3.64. The molecule has 108 valence electrons. The van der Waals surface area contributed by atoms with Crippen molar-refractivity contribution >= 4 is 29.5 Å². The maximum atomic E-state index is 12.2. The van der Waals surface area contributed by atoms with Gasteiger partial charge in [-0.05, 0) is 35.4 Å². The molecule has 0 saturated heterocycles. The SMILES string of the molecule is COC(=O)c1c(SC)cc(-c2ccccc2)c2c1CCS2. The molecule has 0 N–H and O–H groups in total. The van der Waals surface area contributed by atoms with Crippen molar-refractivity contribution in [3.63, 3.8) is 0 Å². The van der Waals surface area contributed by atoms with E-state index >= 15 is 0 Å². The van der Waals surface area contributed by atoms with E-state index in [1.807, 2.05) is 36.2 Å². The topological polar surface area (TPSA) is 26.3 Å². The number of rotatable bonds is 3. The summed E-state index contributed by atoms with van der Waals surface area (Å²) in [5.74, 6) is 0.800. The van der Waals surface area contributed by atoms with Crippen molar-refractivity contribution in [2.45, 2.75) is 16.2 Å². The summed E-state index contributed by atoms with van der Waals surface area (Å²) in [7, 11) is 1.45. The summed E-state index contributed by atoms with van der Waals surface area (Å²) in [4.78, 5) is 14.4. The predicted molar refractivity (Wildman–Crippen MR) is 89.4 cm³/mol. The number of benzene rings is 2. The molecule has 21 heavy (non-hydrogen) atoms. The molecule has 0 spiro atoms. The molecule has 2 aromatic rings. The second-order valence-electron chi connectivity index (χ2n) is 4.77. The smallest absolute Gasteiger partial charge is 0.339 e. The van der Waals surface area contributed by atoms with Crippen molar-refractivity contribution in [3.8, 4) is 11.1 Å². The molecule has 3 rings (SSSR count). The highest BCUT2D eigenvalue weighted by Crippen LogP contribution is 2.44. The summed E-state index contributed by atoms with van der Waals surface area (Å²) in [6.07, 6.45) is 2.93. The van der Waals surface area contributed by atoms with E-state index in [4.69, 9.17) is 4.74 Å². The van der Waals surface area contributed by atoms with E-state index in [0.29, 0.717) is 0 Å². The predicted octanol–water partition coefficient (Wildman–Crippen LogP) is 4.51. The number of thioether (sulfide) groups is 2. The third-order valence-corrected chi connectivity index (χ3v) is 5.56. The molecule has 0 radical (unpaired) electrons. The highest BCUT2D eigenvalue weighted by molar-refractivity contribution is 8.00. The van der Waals surface area contributed by atoms with Gasteiger partial charge in [0.2, 0.25) is 0 Å². The van der Waals surface area contributed by atoms with Crippen molar-refractivity contribution in [2.24, 2.45) is 0 Å². The van der Waals surface area contributed by atoms with E-state index < -0.39 is 0 Å². The van der Waals surface area contributed by atoms with Gasteiger partial charge in [0.05, 0.1) is 12.7 Å². The molecular formula is C17H16O2S2. The van der Waals surface area contributed by atoms with Gasteiger partial charge in [-0.3, -0.25) is 0 Å². The maximum absolute atomic E-state index is 12.2. The normalized spacial score (nSPS) is 13.0. The van der Waals surface area contributed by atoms with E-state index in [-0.39, 0.29) is 5.97 Å². The van der Waals surface area contributed by atoms with E-state index in [1.165, 1.54) is 23.1 Å². The Hall–Kier alpha value is -1.39. The summed E-state index contributed by atoms with van der Waals surface area (Å²) in [6.45, 7) is 0. The van der Waals surface area contributed by atoms with Crippen molar-refractivity contribution in [2.75, 3.05) is 19.1 Å². The number of carbonyl (C=O) groups excluding carboxylic acids is 1. The molecule has 0 saturated carbocycles. The highest BCUT2D eigenvalue weighted by Gasteiger charge is 2.27. The Morgan fingerprint density at radius 1 is 1.29 bits per heavy atom. The molecule has 0 aliphatic carbocycles. The molecular weight excluding hydrogens is 300 g/mol. The lowest BCUT2D eigenvalue weighted by molar-refractivity contribution is 0.0595. The Labute approximate surface area is 133 Å². The molecule has 0 amide bonds. The van der Waals surface area contributed by atoms with Crippen molar-refractivity contribution < 1.29 is 9.53 Å². The van der Waals surface area contributed by atoms with Crippen LogP contribution in [0.3, 0.4) is 0 Å². The van der Waals surface area contributed by atoms with Gasteiger partial charge in [0.15, 0.2) is 0 Å². The second-order valence-corrected chi connectivity index (χ2v) is 6.72. The number of carbonyl (C=O) groups is 1. The van der Waals surface area contributed by atoms with Crippen LogP contribution in [0.1, 0.15) is 15.9 Å². The fraction of sp³-hybridized carbons (Fsp3) is 0.235. The Bertz CT molecular complexity index is 681. The fourth-order valence-electron chi connectivity index (χ4n) is 2.67. The minimum atomic E-state index is -0.224. The van der Waals surface area contributed by atoms with Crippen LogP contribution in [0.2, 0.25) is 0 Å². The Kier molecular flexibility index (Phi) is 4.27. The summed E-state index contributed by atoms with van der Waals surface area (Å²) < 4.78 is 4.99. The molecule has 4 heteroatoms. The Morgan fingerprint density at radius 3 is 2.71 bits per heavy atom. The van der Waals surface area contributed by atoms with Crippen LogP contribution in [0.25, 0.3) is 11.1 Å². The van der Waals surface area contributed by atoms with E-state index in [1.54, 1.807) is 11.8 Å². The molecule has 0 unspecified atom stereocenters. The number of hydrogen-bond donors (Lipinski definition) is 0. The summed E-state index contributed by atoms with van der Waals surface area (Å²) in [5, 5.41) is 0. The lowest BCUT2D eigenvalue weighted by Gasteiger charge is -2.15. The first kappa shape index (κ1) is 14.5. The van der Waals surface area contributed by atoms with Crippen LogP contribution >= 0.6 is 23.5 Å². The zero-order valence-corrected chi connectivity index (χ0v) is 13.6. The van der Waals surface area contributed by atoms with Gasteiger partial charge in [-0.2, -0.15) is 0 Å². The third kappa shape index (κ3) is 2.58. The maximum Gasteiger partial charge on any atom is 0.339 e. The molecule has 0 aromatic heterocycles. The minimum Gasteiger partial charge on any atom is -0.465 e. The van der Waals surface area contributed by atoms with Crippen LogP contribution < -0.4 is 0 Å². The number of esters is 1. The summed E-state index contributed by atoms with van der Waals surface area (Å²) in [5.41, 5.74) is 4.34. The molecule has 1 aliphatic heterocycles. The van der Waals surface area contributed by atoms with Crippen LogP contribution in [0.15, 0.2) is 46.2 Å². The quantitative estimate of drug-likeness (QED) is 0.615. The zero-order valence-electron chi connectivity index (χ0n) is 12.0. The monoisotopic (exact) mass is 316 g/mol. The molecule has 1 aliphatic rings. The lowest BCUT2D eigenvalue weighted by Crippen LogP contribution is -2.08. The van der Waals surface area contributed by atoms with E-state index in [0.717, 1.165) is 28.2 Å². The van der Waals surface area contributed by atoms with Crippen molar-refractivity contribution in [1.29, 1.82) is 0 Å². The largest absolute Gasteiger partial charge is 0.465 e. The average Bonchev–Trinajstić information content (AvgIpc) is 3.02. The van der Waals surface area contributed by atoms with Crippen LogP contribution in [-0.2, 0) is 11.2 Å². The van der Waals surface area contributed by atoms with Crippen molar-refractivity contribution in [1.82, 2.24) is 0 Å². The fourth-order valence-corrected chi connectivity index (χ4v) is 4.54. The standard InChI is InChI=1S/C17H16O2S2/c1-19-17(18)15-12-8-9-21-16(12)13(10-14(15)20-2)11-6-4-3-5-7-11/h3-7,10H,8-9H2,1-2H3. The van der Waals surface area contributed by atoms with Gasteiger partial charge in [0.25, 0.3) is 0 Å². The van der Waals surface area contributed by atoms with Crippen molar-refractivity contribution in [3.05, 3.63) is 47.5 Å². The number of methoxy groups -OCH3 is 1. The molecule has 0 fully saturated rings. The lowest BCUT2D eigenvalue weighted by atomic mass is 9.97. The van der Waals surface area contributed by atoms with Crippen LogP contribution in [0.5, 0.6) is 0 Å². The summed E-state index contributed by atoms with van der Waals surface area (Å²) in [6, 6.07) is 12.5. The first-order chi connectivity index (χ1) is 10.3. The van der Waals surface area contributed by atoms with Gasteiger partial charge in [-0.15, -0.1) is 23.5 Å². The zero-order chi connectivity index (χ0) is 14.8.